The molecular weight excluding hydrogens is 324 g/mol. The molecule has 22 heavy (non-hydrogen) atoms. The van der Waals surface area contributed by atoms with Crippen LogP contribution in [-0.2, 0) is 23.5 Å². The molecule has 3 aromatic heterocycles. The summed E-state index contributed by atoms with van der Waals surface area (Å²) in [5.41, 5.74) is 0.866. The minimum atomic E-state index is -3.52. The molecule has 9 heteroatoms. The molecular formula is C13H14N4O3S2. The van der Waals surface area contributed by atoms with E-state index in [0.717, 1.165) is 16.3 Å². The fourth-order valence-electron chi connectivity index (χ4n) is 1.93. The topological polar surface area (TPSA) is 90.0 Å². The molecule has 1 N–H and O–H groups in total. The Morgan fingerprint density at radius 2 is 2.23 bits per heavy atom. The molecule has 0 radical (unpaired) electrons. The van der Waals surface area contributed by atoms with Gasteiger partial charge in [0.15, 0.2) is 0 Å². The van der Waals surface area contributed by atoms with Crippen LogP contribution < -0.4 is 4.72 Å². The highest BCUT2D eigenvalue weighted by molar-refractivity contribution is 7.91. The summed E-state index contributed by atoms with van der Waals surface area (Å²) in [6.07, 6.45) is 5.21. The lowest BCUT2D eigenvalue weighted by atomic mass is 10.3. The van der Waals surface area contributed by atoms with Gasteiger partial charge in [0.2, 0.25) is 10.0 Å². The van der Waals surface area contributed by atoms with Gasteiger partial charge >= 0.3 is 0 Å². The second kappa shape index (κ2) is 6.03. The normalized spacial score (nSPS) is 11.9. The summed E-state index contributed by atoms with van der Waals surface area (Å²) < 4.78 is 34.1. The molecule has 116 valence electrons. The third-order valence-electron chi connectivity index (χ3n) is 3.10. The van der Waals surface area contributed by atoms with Gasteiger partial charge in [-0.2, -0.15) is 0 Å². The first-order valence-corrected chi connectivity index (χ1v) is 8.81. The molecule has 0 unspecified atom stereocenters. The van der Waals surface area contributed by atoms with Gasteiger partial charge in [0.05, 0.1) is 12.5 Å². The first kappa shape index (κ1) is 14.9. The molecule has 3 heterocycles. The number of rotatable bonds is 6. The van der Waals surface area contributed by atoms with E-state index in [9.17, 15) is 8.42 Å². The molecule has 0 aliphatic heterocycles. The molecule has 0 spiro atoms. The zero-order valence-corrected chi connectivity index (χ0v) is 13.4. The van der Waals surface area contributed by atoms with Crippen molar-refractivity contribution in [2.75, 3.05) is 6.54 Å². The van der Waals surface area contributed by atoms with Crippen LogP contribution in [0, 0.1) is 0 Å². The van der Waals surface area contributed by atoms with Crippen LogP contribution in [0.15, 0.2) is 45.7 Å². The molecule has 0 saturated heterocycles. The van der Waals surface area contributed by atoms with Crippen molar-refractivity contribution in [2.24, 2.45) is 7.05 Å². The number of aromatic nitrogens is 3. The van der Waals surface area contributed by atoms with Gasteiger partial charge in [-0.3, -0.25) is 0 Å². The number of hydrogen-bond acceptors (Lipinski definition) is 6. The van der Waals surface area contributed by atoms with Gasteiger partial charge in [0, 0.05) is 30.5 Å². The minimum absolute atomic E-state index is 0.272. The van der Waals surface area contributed by atoms with Crippen LogP contribution in [0.1, 0.15) is 5.82 Å². The predicted molar refractivity (Wildman–Crippen MR) is 81.9 cm³/mol. The van der Waals surface area contributed by atoms with Crippen LogP contribution >= 0.6 is 11.3 Å². The molecule has 7 nitrogen and oxygen atoms in total. The molecule has 3 aromatic rings. The van der Waals surface area contributed by atoms with Crippen LogP contribution in [0.4, 0.5) is 0 Å². The van der Waals surface area contributed by atoms with Crippen molar-refractivity contribution >= 4 is 21.4 Å². The fraction of sp³-hybridized carbons (Fsp3) is 0.231. The number of aryl methyl sites for hydroxylation is 1. The Hall–Kier alpha value is -1.97. The van der Waals surface area contributed by atoms with Crippen molar-refractivity contribution in [1.29, 1.82) is 0 Å². The largest absolute Gasteiger partial charge is 0.472 e. The van der Waals surface area contributed by atoms with Gasteiger partial charge < -0.3 is 8.98 Å². The first-order chi connectivity index (χ1) is 10.6. The van der Waals surface area contributed by atoms with Gasteiger partial charge in [0.25, 0.3) is 0 Å². The summed E-state index contributed by atoms with van der Waals surface area (Å²) in [6, 6.07) is 5.16. The Morgan fingerprint density at radius 3 is 2.91 bits per heavy atom. The molecule has 0 bridgehead atoms. The molecule has 0 aromatic carbocycles. The monoisotopic (exact) mass is 338 g/mol. The van der Waals surface area contributed by atoms with Crippen molar-refractivity contribution in [3.63, 3.8) is 0 Å². The smallest absolute Gasteiger partial charge is 0.250 e. The van der Waals surface area contributed by atoms with E-state index in [2.05, 4.69) is 14.9 Å². The number of furan rings is 1. The summed E-state index contributed by atoms with van der Waals surface area (Å²) in [7, 11) is -1.70. The highest BCUT2D eigenvalue weighted by Gasteiger charge is 2.17. The quantitative estimate of drug-likeness (QED) is 0.738. The summed E-state index contributed by atoms with van der Waals surface area (Å²) in [6.45, 7) is 0.272. The molecule has 3 rings (SSSR count). The van der Waals surface area contributed by atoms with Crippen LogP contribution in [-0.4, -0.2) is 29.7 Å². The predicted octanol–water partition coefficient (Wildman–Crippen LogP) is 1.66. The van der Waals surface area contributed by atoms with E-state index in [1.165, 1.54) is 11.3 Å². The zero-order chi connectivity index (χ0) is 15.6. The highest BCUT2D eigenvalue weighted by Crippen LogP contribution is 2.30. The lowest BCUT2D eigenvalue weighted by Crippen LogP contribution is -2.25. The maximum absolute atomic E-state index is 12.3. The molecule has 0 amide bonds. The number of thiophene rings is 1. The minimum Gasteiger partial charge on any atom is -0.472 e. The zero-order valence-electron chi connectivity index (χ0n) is 11.8. The third kappa shape index (κ3) is 3.11. The van der Waals surface area contributed by atoms with Crippen LogP contribution in [0.25, 0.3) is 10.4 Å². The molecule has 0 aliphatic rings. The van der Waals surface area contributed by atoms with E-state index in [-0.39, 0.29) is 10.8 Å². The van der Waals surface area contributed by atoms with Crippen LogP contribution in [0.2, 0.25) is 0 Å². The Balaban J connectivity index is 1.67. The van der Waals surface area contributed by atoms with Gasteiger partial charge in [-0.1, -0.05) is 0 Å². The average Bonchev–Trinajstić information content (AvgIpc) is 3.19. The third-order valence-corrected chi connectivity index (χ3v) is 6.18. The van der Waals surface area contributed by atoms with Gasteiger partial charge in [0.1, 0.15) is 16.4 Å². The van der Waals surface area contributed by atoms with E-state index >= 15 is 0 Å². The number of nitrogens with one attached hydrogen (secondary N) is 1. The molecule has 0 atom stereocenters. The summed E-state index contributed by atoms with van der Waals surface area (Å²) in [5.74, 6) is 0.730. The number of nitrogens with zero attached hydrogens (tertiary/aromatic N) is 3. The van der Waals surface area contributed by atoms with Crippen molar-refractivity contribution in [2.45, 2.75) is 10.6 Å². The van der Waals surface area contributed by atoms with Crippen LogP contribution in [0.5, 0.6) is 0 Å². The van der Waals surface area contributed by atoms with E-state index in [0.29, 0.717) is 6.42 Å². The Labute approximate surface area is 131 Å². The Bertz CT molecular complexity index is 850. The lowest BCUT2D eigenvalue weighted by Gasteiger charge is -2.04. The van der Waals surface area contributed by atoms with E-state index < -0.39 is 10.0 Å². The lowest BCUT2D eigenvalue weighted by molar-refractivity contribution is 0.568. The average molecular weight is 338 g/mol. The molecule has 0 fully saturated rings. The summed E-state index contributed by atoms with van der Waals surface area (Å²) in [5, 5.41) is 7.67. The Kier molecular flexibility index (Phi) is 4.10. The fourth-order valence-corrected chi connectivity index (χ4v) is 4.29. The van der Waals surface area contributed by atoms with Gasteiger partial charge in [-0.05, 0) is 18.2 Å². The maximum Gasteiger partial charge on any atom is 0.250 e. The number of hydrogen-bond donors (Lipinski definition) is 1. The maximum atomic E-state index is 12.3. The van der Waals surface area contributed by atoms with Crippen molar-refractivity contribution in [1.82, 2.24) is 19.5 Å². The van der Waals surface area contributed by atoms with Gasteiger partial charge in [-0.25, -0.2) is 13.1 Å². The standard InChI is InChI=1S/C13H14N4O3S2/c1-17-9-14-16-12(17)4-6-15-22(18,19)13-3-2-11(21-13)10-5-7-20-8-10/h2-3,5,7-9,15H,4,6H2,1H3. The molecule has 0 aliphatic carbocycles. The Morgan fingerprint density at radius 1 is 1.36 bits per heavy atom. The van der Waals surface area contributed by atoms with Crippen molar-refractivity contribution in [3.05, 3.63) is 42.9 Å². The van der Waals surface area contributed by atoms with Crippen LogP contribution in [0.3, 0.4) is 0 Å². The SMILES string of the molecule is Cn1cnnc1CCNS(=O)(=O)c1ccc(-c2ccoc2)s1. The first-order valence-electron chi connectivity index (χ1n) is 6.51. The highest BCUT2D eigenvalue weighted by atomic mass is 32.2. The second-order valence-electron chi connectivity index (χ2n) is 4.64. The van der Waals surface area contributed by atoms with E-state index in [1.807, 2.05) is 7.05 Å². The summed E-state index contributed by atoms with van der Waals surface area (Å²) in [4.78, 5) is 0.849. The van der Waals surface area contributed by atoms with Crippen molar-refractivity contribution < 1.29 is 12.8 Å². The van der Waals surface area contributed by atoms with E-state index in [4.69, 9.17) is 4.42 Å². The van der Waals surface area contributed by atoms with Crippen molar-refractivity contribution in [3.8, 4) is 10.4 Å². The van der Waals surface area contributed by atoms with Gasteiger partial charge in [-0.15, -0.1) is 21.5 Å². The second-order valence-corrected chi connectivity index (χ2v) is 7.71. The summed E-state index contributed by atoms with van der Waals surface area (Å²) >= 11 is 1.20. The number of sulfonamides is 1. The molecule has 0 saturated carbocycles. The van der Waals surface area contributed by atoms with E-state index in [1.54, 1.807) is 41.6 Å².